The Kier molecular flexibility index (Phi) is 19.1. The van der Waals surface area contributed by atoms with Crippen molar-refractivity contribution in [1.29, 1.82) is 0 Å². The average molecular weight is 1430 g/mol. The summed E-state index contributed by atoms with van der Waals surface area (Å²) in [6, 6.07) is 34.3. The van der Waals surface area contributed by atoms with Crippen LogP contribution >= 0.6 is 22.6 Å². The van der Waals surface area contributed by atoms with Gasteiger partial charge < -0.3 is 0 Å². The number of benzene rings is 5. The van der Waals surface area contributed by atoms with Gasteiger partial charge in [0.1, 0.15) is 0 Å². The maximum atomic E-state index is 12.6. The molecule has 8 aromatic rings. The van der Waals surface area contributed by atoms with Crippen LogP contribution in [0.2, 0.25) is 0 Å². The third-order valence-electron chi connectivity index (χ3n) is 14.1. The summed E-state index contributed by atoms with van der Waals surface area (Å²) in [6.45, 7) is 13.3. The van der Waals surface area contributed by atoms with Gasteiger partial charge in [-0.3, -0.25) is 0 Å². The number of phenolic OH excluding ortho intramolecular Hbond substituents is 2. The summed E-state index contributed by atoms with van der Waals surface area (Å²) in [7, 11) is 1.53. The number of aryl methyl sites for hydroxylation is 3. The molecule has 0 unspecified atom stereocenters. The predicted molar refractivity (Wildman–Crippen MR) is 341 cm³/mol. The van der Waals surface area contributed by atoms with Gasteiger partial charge in [0.25, 0.3) is 0 Å². The monoisotopic (exact) mass is 1440 g/mol. The predicted octanol–water partition coefficient (Wildman–Crippen LogP) is 10.5. The van der Waals surface area contributed by atoms with E-state index in [9.17, 15) is 49.2 Å². The van der Waals surface area contributed by atoms with Crippen molar-refractivity contribution in [2.24, 2.45) is 0 Å². The van der Waals surface area contributed by atoms with E-state index < -0.39 is 11.9 Å². The van der Waals surface area contributed by atoms with Crippen LogP contribution < -0.4 is 26.0 Å². The van der Waals surface area contributed by atoms with Gasteiger partial charge in [0.05, 0.1) is 0 Å². The summed E-state index contributed by atoms with van der Waals surface area (Å²) in [5.41, 5.74) is 11.4. The molecule has 11 rings (SSSR count). The molecule has 0 atom stereocenters. The molecule has 0 aliphatic carbocycles. The number of ether oxygens (including phenoxy) is 1. The van der Waals surface area contributed by atoms with E-state index in [4.69, 9.17) is 4.74 Å². The number of amides is 4. The zero-order chi connectivity index (χ0) is 60.1. The van der Waals surface area contributed by atoms with Gasteiger partial charge in [-0.25, -0.2) is 0 Å². The molecule has 3 aliphatic heterocycles. The topological polar surface area (TPSA) is 244 Å². The Labute approximate surface area is 516 Å². The Morgan fingerprint density at radius 2 is 1.00 bits per heavy atom. The zero-order valence-electron chi connectivity index (χ0n) is 46.2. The molecule has 428 valence electrons. The first kappa shape index (κ1) is 60.8. The van der Waals surface area contributed by atoms with Crippen molar-refractivity contribution < 1.29 is 53.9 Å². The fourth-order valence-electron chi connectivity index (χ4n) is 9.67. The molecule has 0 saturated heterocycles. The van der Waals surface area contributed by atoms with E-state index in [0.29, 0.717) is 45.8 Å². The summed E-state index contributed by atoms with van der Waals surface area (Å²) in [5.74, 6) is -1.53. The summed E-state index contributed by atoms with van der Waals surface area (Å²) >= 11 is 2.11. The number of halogens is 1. The molecule has 8 N–H and O–H groups in total. The number of aromatic hydroxyl groups is 2. The van der Waals surface area contributed by atoms with E-state index in [1.165, 1.54) is 13.2 Å². The van der Waals surface area contributed by atoms with Crippen molar-refractivity contribution in [3.8, 4) is 39.5 Å². The Bertz CT molecular complexity index is 4060. The maximum absolute atomic E-state index is 12.6. The number of likely N-dealkylation sites (N-methyl/N-ethyl adjacent to an activating group) is 1. The first-order valence-corrected chi connectivity index (χ1v) is 32.6. The van der Waals surface area contributed by atoms with Gasteiger partial charge >= 0.3 is 520 Å². The van der Waals surface area contributed by atoms with Gasteiger partial charge in [-0.1, -0.05) is 0 Å². The van der Waals surface area contributed by atoms with Crippen molar-refractivity contribution in [3.63, 3.8) is 0 Å². The molecule has 6 heterocycles. The first-order chi connectivity index (χ1) is 40.2. The molecule has 5 aromatic carbocycles. The zero-order valence-corrected chi connectivity index (χ0v) is 53.5. The number of carboxylic acid groups (broad SMARTS) is 2. The van der Waals surface area contributed by atoms with E-state index in [1.54, 1.807) is 48.6 Å². The van der Waals surface area contributed by atoms with E-state index in [1.807, 2.05) is 99.6 Å². The van der Waals surface area contributed by atoms with Crippen molar-refractivity contribution in [1.82, 2.24) is 10.2 Å². The minimum absolute atomic E-state index is 0.0225. The van der Waals surface area contributed by atoms with Crippen LogP contribution in [-0.4, -0.2) is 138 Å². The van der Waals surface area contributed by atoms with E-state index in [-0.39, 0.29) is 78.6 Å². The molecule has 0 bridgehead atoms. The van der Waals surface area contributed by atoms with Gasteiger partial charge in [-0.2, -0.15) is 0 Å². The van der Waals surface area contributed by atoms with Crippen LogP contribution in [0.1, 0.15) is 88.2 Å². The molecule has 84 heavy (non-hydrogen) atoms. The fourth-order valence-corrected chi connectivity index (χ4v) is 16.2. The van der Waals surface area contributed by atoms with Crippen LogP contribution in [0.3, 0.4) is 0 Å². The van der Waals surface area contributed by atoms with E-state index >= 15 is 0 Å². The quantitative estimate of drug-likeness (QED) is 0.0288. The number of nitrogens with zero attached hydrogens (tertiary/aromatic N) is 1. The number of fused-ring (bicyclic) bond motifs is 3. The summed E-state index contributed by atoms with van der Waals surface area (Å²) in [6.07, 6.45) is 5.51. The number of methoxy groups -OCH3 is 1. The van der Waals surface area contributed by atoms with Gasteiger partial charge in [-0.15, -0.1) is 0 Å². The second kappa shape index (κ2) is 26.4. The minimum atomic E-state index is -0.943. The van der Waals surface area contributed by atoms with Crippen LogP contribution in [0.25, 0.3) is 57.2 Å². The number of aromatic carboxylic acids is 2. The van der Waals surface area contributed by atoms with Crippen LogP contribution in [0.15, 0.2) is 115 Å². The molecule has 16 nitrogen and oxygen atoms in total. The number of carboxylic acids is 2. The van der Waals surface area contributed by atoms with Crippen LogP contribution in [0, 0.1) is 24.3 Å². The van der Waals surface area contributed by atoms with Gasteiger partial charge in [0.2, 0.25) is 0 Å². The van der Waals surface area contributed by atoms with Crippen LogP contribution in [-0.2, 0) is 14.4 Å². The van der Waals surface area contributed by atoms with Gasteiger partial charge in [-0.05, 0) is 0 Å². The Morgan fingerprint density at radius 3 is 1.51 bits per heavy atom. The van der Waals surface area contributed by atoms with Crippen LogP contribution in [0.5, 0.6) is 17.2 Å². The molecular formula is C64H56IN5O11Se3. The summed E-state index contributed by atoms with van der Waals surface area (Å²) in [5, 5.41) is 49.3. The van der Waals surface area contributed by atoms with E-state index in [0.717, 1.165) is 106 Å². The van der Waals surface area contributed by atoms with Gasteiger partial charge in [0.15, 0.2) is 0 Å². The van der Waals surface area contributed by atoms with Gasteiger partial charge in [0, 0.05) is 0 Å². The first-order valence-electron chi connectivity index (χ1n) is 26.3. The number of rotatable bonds is 14. The number of anilines is 3. The Morgan fingerprint density at radius 1 is 0.548 bits per heavy atom. The Balaban J connectivity index is 0.000000151. The molecule has 4 amide bonds. The standard InChI is InChI=1S/C22H17NO5Se.C21H24IN3O2Se.C21H15NO4Se/c1-11-17(22(26)27)9-14(29-11)10-18-16-5-3-12(7-19(16)23-21(18)25)15-6-4-13(24)8-20(15)28-2;1-4-25(5-2)9-8-23-20(26)16-11-15(28-13(16)3)12-18-17-10-14(22)6-7-19(17)24-21(18)27;1-11-17(21(25)26)9-15(27-11)10-18-16-7-4-13(8-19(16)22-20(18)24)12-2-5-14(23)6-3-12/h3-10,24H,1-2H3,(H,23,25)(H,26,27);6-7,10-12H,4-5,8-9H2,1-3H3,(H,23,26)(H,24,27);2-10,23H,1H3,(H,22,24)(H,25,26)/b18-10-;18-12-;18-10-. The number of carbonyl (C=O) groups excluding carboxylic acids is 4. The molecule has 3 aromatic heterocycles. The number of hydrogen-bond acceptors (Lipinski definition) is 10. The number of carbonyl (C=O) groups is 6. The van der Waals surface area contributed by atoms with Crippen molar-refractivity contribution in [2.75, 3.05) is 49.2 Å². The third-order valence-corrected chi connectivity index (χ3v) is 21.0. The number of nitrogens with one attached hydrogen (secondary N) is 4. The van der Waals surface area contributed by atoms with Crippen molar-refractivity contribution >= 4 is 154 Å². The normalized spacial score (nSPS) is 14.2. The second-order valence-electron chi connectivity index (χ2n) is 19.4. The number of hydrogen-bond donors (Lipinski definition) is 8. The fraction of sp³-hybridized carbons (Fsp3) is 0.156. The molecule has 3 aliphatic rings. The van der Waals surface area contributed by atoms with Crippen LogP contribution in [0.4, 0.5) is 17.1 Å². The molecule has 0 radical (unpaired) electrons. The number of phenols is 2. The SMILES string of the molecule is CCN(CC)CCNC(=O)c1cc(/C=C2\C(=O)Nc3ccc(I)cc32)[se]c1C.COc1cc(O)ccc1-c1ccc2c(c1)NC(=O)/C2=C\c1cc(C(=O)O)c(C)[se]1.Cc1[se]c(/C=C2\C(=O)Nc3cc(-c4ccc(O)cc4)ccc32)cc1C(=O)O. The molecule has 0 spiro atoms. The average Bonchev–Trinajstić information content (AvgIpc) is 2.51. The third kappa shape index (κ3) is 13.7. The molecule has 0 saturated carbocycles. The molecular weight excluding hydrogens is 1380 g/mol. The summed E-state index contributed by atoms with van der Waals surface area (Å²) in [4.78, 5) is 74.8. The second-order valence-corrected chi connectivity index (χ2v) is 28.8. The van der Waals surface area contributed by atoms with Crippen molar-refractivity contribution in [3.05, 3.63) is 179 Å². The molecule has 20 heteroatoms. The van der Waals surface area contributed by atoms with E-state index in [2.05, 4.69) is 62.6 Å². The van der Waals surface area contributed by atoms with Crippen molar-refractivity contribution in [2.45, 2.75) is 34.6 Å². The Hall–Kier alpha value is -7.77. The summed E-state index contributed by atoms with van der Waals surface area (Å²) < 4.78 is 12.0. The molecule has 0 fully saturated rings.